The van der Waals surface area contributed by atoms with Gasteiger partial charge in [-0.15, -0.1) is 0 Å². The van der Waals surface area contributed by atoms with Crippen LogP contribution in [0.4, 0.5) is 13.2 Å². The third kappa shape index (κ3) is 2.31. The zero-order valence-corrected chi connectivity index (χ0v) is 10.3. The Kier molecular flexibility index (Phi) is 3.29. The molecule has 19 heavy (non-hydrogen) atoms. The molecule has 0 aromatic heterocycles. The fourth-order valence-electron chi connectivity index (χ4n) is 2.93. The number of halogens is 3. The van der Waals surface area contributed by atoms with Crippen LogP contribution in [0.15, 0.2) is 0 Å². The predicted molar refractivity (Wildman–Crippen MR) is 57.3 cm³/mol. The maximum absolute atomic E-state index is 12.5. The first-order chi connectivity index (χ1) is 8.75. The maximum Gasteiger partial charge on any atom is 0.406 e. The molecule has 1 heterocycles. The summed E-state index contributed by atoms with van der Waals surface area (Å²) in [6.45, 7) is 1.04. The number of rotatable bonds is 2. The Hall–Kier alpha value is -1.58. The van der Waals surface area contributed by atoms with Crippen LogP contribution in [0.1, 0.15) is 19.8 Å². The Morgan fingerprint density at radius 2 is 1.79 bits per heavy atom. The average Bonchev–Trinajstić information content (AvgIpc) is 2.77. The molecule has 0 aromatic carbocycles. The minimum Gasteiger partial charge on any atom is -0.280 e. The fourth-order valence-corrected chi connectivity index (χ4v) is 2.93. The van der Waals surface area contributed by atoms with Crippen LogP contribution in [0.5, 0.6) is 0 Å². The molecule has 4 nitrogen and oxygen atoms in total. The first-order valence-electron chi connectivity index (χ1n) is 6.07. The van der Waals surface area contributed by atoms with Crippen molar-refractivity contribution in [2.24, 2.45) is 23.7 Å². The molecular weight excluding hydrogens is 261 g/mol. The van der Waals surface area contributed by atoms with Crippen molar-refractivity contribution < 1.29 is 22.8 Å². The van der Waals surface area contributed by atoms with Gasteiger partial charge in [0.25, 0.3) is 0 Å². The summed E-state index contributed by atoms with van der Waals surface area (Å²) in [5.41, 5.74) is 0. The van der Waals surface area contributed by atoms with E-state index in [-0.39, 0.29) is 5.92 Å². The summed E-state index contributed by atoms with van der Waals surface area (Å²) in [4.78, 5) is 24.5. The molecular formula is C12H13F3N2O2. The van der Waals surface area contributed by atoms with Gasteiger partial charge in [0.15, 0.2) is 5.92 Å². The molecule has 0 N–H and O–H groups in total. The Bertz CT molecular complexity index is 431. The smallest absolute Gasteiger partial charge is 0.280 e. The second kappa shape index (κ2) is 4.51. The van der Waals surface area contributed by atoms with E-state index in [2.05, 4.69) is 0 Å². The van der Waals surface area contributed by atoms with E-state index in [9.17, 15) is 22.8 Å². The molecule has 2 aliphatic rings. The maximum atomic E-state index is 12.5. The van der Waals surface area contributed by atoms with Crippen molar-refractivity contribution in [1.29, 1.82) is 5.26 Å². The summed E-state index contributed by atoms with van der Waals surface area (Å²) in [5, 5.41) is 8.52. The summed E-state index contributed by atoms with van der Waals surface area (Å²) in [7, 11) is 0. The number of hydrogen-bond acceptors (Lipinski definition) is 3. The molecule has 1 saturated heterocycles. The molecule has 1 aliphatic heterocycles. The summed E-state index contributed by atoms with van der Waals surface area (Å²) in [6.07, 6.45) is -3.65. The number of likely N-dealkylation sites (tertiary alicyclic amines) is 1. The van der Waals surface area contributed by atoms with Crippen LogP contribution in [-0.2, 0) is 9.59 Å². The number of alkyl halides is 3. The van der Waals surface area contributed by atoms with Gasteiger partial charge in [0, 0.05) is 0 Å². The normalized spacial score (nSPS) is 32.4. The van der Waals surface area contributed by atoms with Gasteiger partial charge in [-0.1, -0.05) is 6.92 Å². The number of amides is 2. The van der Waals surface area contributed by atoms with Gasteiger partial charge < -0.3 is 0 Å². The van der Waals surface area contributed by atoms with Gasteiger partial charge in [0.1, 0.15) is 0 Å². The molecule has 0 spiro atoms. The van der Waals surface area contributed by atoms with Gasteiger partial charge >= 0.3 is 6.18 Å². The van der Waals surface area contributed by atoms with Crippen molar-refractivity contribution in [2.45, 2.75) is 25.9 Å². The van der Waals surface area contributed by atoms with Gasteiger partial charge in [-0.2, -0.15) is 18.4 Å². The van der Waals surface area contributed by atoms with Crippen molar-refractivity contribution in [3.63, 3.8) is 0 Å². The third-order valence-corrected chi connectivity index (χ3v) is 3.88. The highest BCUT2D eigenvalue weighted by atomic mass is 19.4. The number of carbonyl (C=O) groups is 2. The Balaban J connectivity index is 2.14. The molecule has 1 aliphatic carbocycles. The molecule has 0 bridgehead atoms. The van der Waals surface area contributed by atoms with Crippen LogP contribution >= 0.6 is 0 Å². The number of fused-ring (bicyclic) bond motifs is 1. The van der Waals surface area contributed by atoms with E-state index in [1.54, 1.807) is 0 Å². The first-order valence-corrected chi connectivity index (χ1v) is 6.07. The molecule has 2 rings (SSSR count). The predicted octanol–water partition coefficient (Wildman–Crippen LogP) is 1.72. The number of nitriles is 1. The topological polar surface area (TPSA) is 61.2 Å². The van der Waals surface area contributed by atoms with Crippen LogP contribution in [0.3, 0.4) is 0 Å². The van der Waals surface area contributed by atoms with Crippen LogP contribution in [0.2, 0.25) is 0 Å². The quantitative estimate of drug-likeness (QED) is 0.720. The standard InChI is InChI=1S/C12H13F3N2O2/c1-6-2-8-9(3-6)11(19)17(10(8)18)5-7(4-16)12(13,14)15/h6-9H,2-3,5H2,1H3. The van der Waals surface area contributed by atoms with E-state index in [0.717, 1.165) is 6.07 Å². The van der Waals surface area contributed by atoms with Crippen molar-refractivity contribution in [3.05, 3.63) is 0 Å². The molecule has 2 amide bonds. The van der Waals surface area contributed by atoms with Crippen molar-refractivity contribution in [3.8, 4) is 6.07 Å². The molecule has 104 valence electrons. The lowest BCUT2D eigenvalue weighted by molar-refractivity contribution is -0.167. The summed E-state index contributed by atoms with van der Waals surface area (Å²) in [6, 6.07) is 1.11. The van der Waals surface area contributed by atoms with Gasteiger partial charge in [-0.25, -0.2) is 0 Å². The van der Waals surface area contributed by atoms with E-state index < -0.39 is 42.3 Å². The summed E-state index contributed by atoms with van der Waals surface area (Å²) in [5.74, 6) is -4.16. The molecule has 0 radical (unpaired) electrons. The second-order valence-corrected chi connectivity index (χ2v) is 5.30. The lowest BCUT2D eigenvalue weighted by atomic mass is 10.00. The van der Waals surface area contributed by atoms with E-state index in [1.807, 2.05) is 6.92 Å². The number of imide groups is 1. The number of hydrogen-bond donors (Lipinski definition) is 0. The third-order valence-electron chi connectivity index (χ3n) is 3.88. The van der Waals surface area contributed by atoms with E-state index in [4.69, 9.17) is 5.26 Å². The zero-order chi connectivity index (χ0) is 14.4. The van der Waals surface area contributed by atoms with Crippen LogP contribution < -0.4 is 0 Å². The van der Waals surface area contributed by atoms with Gasteiger partial charge in [0.2, 0.25) is 11.8 Å². The number of carbonyl (C=O) groups excluding carboxylic acids is 2. The lowest BCUT2D eigenvalue weighted by Crippen LogP contribution is -2.40. The van der Waals surface area contributed by atoms with Crippen LogP contribution in [-0.4, -0.2) is 29.4 Å². The molecule has 0 aromatic rings. The van der Waals surface area contributed by atoms with Gasteiger partial charge in [-0.3, -0.25) is 14.5 Å². The molecule has 7 heteroatoms. The lowest BCUT2D eigenvalue weighted by Gasteiger charge is -2.21. The van der Waals surface area contributed by atoms with E-state index in [0.29, 0.717) is 17.7 Å². The van der Waals surface area contributed by atoms with Gasteiger partial charge in [0.05, 0.1) is 24.4 Å². The van der Waals surface area contributed by atoms with E-state index >= 15 is 0 Å². The minimum atomic E-state index is -4.72. The molecule has 2 fully saturated rings. The largest absolute Gasteiger partial charge is 0.406 e. The van der Waals surface area contributed by atoms with Crippen molar-refractivity contribution in [2.75, 3.05) is 6.54 Å². The monoisotopic (exact) mass is 274 g/mol. The Morgan fingerprint density at radius 3 is 2.16 bits per heavy atom. The average molecular weight is 274 g/mol. The minimum absolute atomic E-state index is 0.236. The summed E-state index contributed by atoms with van der Waals surface area (Å²) < 4.78 is 37.5. The highest BCUT2D eigenvalue weighted by Crippen LogP contribution is 2.43. The zero-order valence-electron chi connectivity index (χ0n) is 10.3. The highest BCUT2D eigenvalue weighted by Gasteiger charge is 2.53. The Morgan fingerprint density at radius 1 is 1.32 bits per heavy atom. The molecule has 1 saturated carbocycles. The molecule has 3 atom stereocenters. The molecule has 3 unspecified atom stereocenters. The summed E-state index contributed by atoms with van der Waals surface area (Å²) >= 11 is 0. The van der Waals surface area contributed by atoms with E-state index in [1.165, 1.54) is 0 Å². The fraction of sp³-hybridized carbons (Fsp3) is 0.750. The van der Waals surface area contributed by atoms with Crippen molar-refractivity contribution in [1.82, 2.24) is 4.90 Å². The van der Waals surface area contributed by atoms with Crippen molar-refractivity contribution >= 4 is 11.8 Å². The van der Waals surface area contributed by atoms with Gasteiger partial charge in [-0.05, 0) is 18.8 Å². The number of nitrogens with zero attached hydrogens (tertiary/aromatic N) is 2. The highest BCUT2D eigenvalue weighted by molar-refractivity contribution is 6.05. The first kappa shape index (κ1) is 13.8. The van der Waals surface area contributed by atoms with Crippen LogP contribution in [0, 0.1) is 35.0 Å². The Labute approximate surface area is 108 Å². The SMILES string of the molecule is CC1CC2C(=O)N(CC(C#N)C(F)(F)F)C(=O)C2C1. The second-order valence-electron chi connectivity index (χ2n) is 5.30. The van der Waals surface area contributed by atoms with Crippen LogP contribution in [0.25, 0.3) is 0 Å².